The van der Waals surface area contributed by atoms with Crippen molar-refractivity contribution >= 4 is 17.7 Å². The summed E-state index contributed by atoms with van der Waals surface area (Å²) in [6.45, 7) is 8.71. The molecule has 0 aliphatic carbocycles. The average molecular weight is 437 g/mol. The highest BCUT2D eigenvalue weighted by Gasteiger charge is 2.31. The van der Waals surface area contributed by atoms with E-state index in [2.05, 4.69) is 47.7 Å². The number of aryl methyl sites for hydroxylation is 1. The summed E-state index contributed by atoms with van der Waals surface area (Å²) < 4.78 is 7.48. The van der Waals surface area contributed by atoms with Crippen LogP contribution < -0.4 is 0 Å². The van der Waals surface area contributed by atoms with E-state index in [1.165, 1.54) is 11.8 Å². The van der Waals surface area contributed by atoms with Crippen LogP contribution >= 0.6 is 11.8 Å². The molecule has 0 bridgehead atoms. The third kappa shape index (κ3) is 4.83. The van der Waals surface area contributed by atoms with Gasteiger partial charge < -0.3 is 9.64 Å². The van der Waals surface area contributed by atoms with E-state index < -0.39 is 0 Å². The molecule has 0 saturated carbocycles. The Balaban J connectivity index is 1.72. The minimum atomic E-state index is -0.241. The molecule has 2 heterocycles. The molecule has 1 unspecified atom stereocenters. The zero-order valence-electron chi connectivity index (χ0n) is 18.2. The quantitative estimate of drug-likeness (QED) is 0.542. The molecule has 6 nitrogen and oxygen atoms in total. The van der Waals surface area contributed by atoms with E-state index in [4.69, 9.17) is 4.74 Å². The number of amides is 1. The van der Waals surface area contributed by atoms with Crippen molar-refractivity contribution in [2.45, 2.75) is 31.2 Å². The van der Waals surface area contributed by atoms with Gasteiger partial charge in [0, 0.05) is 24.3 Å². The fraction of sp³-hybridized carbons (Fsp3) is 0.375. The van der Waals surface area contributed by atoms with Gasteiger partial charge in [-0.05, 0) is 31.0 Å². The molecule has 2 aromatic carbocycles. The number of nitrogens with zero attached hydrogens (tertiary/aromatic N) is 4. The van der Waals surface area contributed by atoms with Crippen LogP contribution in [-0.2, 0) is 9.53 Å². The largest absolute Gasteiger partial charge is 0.378 e. The van der Waals surface area contributed by atoms with E-state index in [1.807, 2.05) is 47.4 Å². The molecule has 31 heavy (non-hydrogen) atoms. The van der Waals surface area contributed by atoms with Gasteiger partial charge in [-0.15, -0.1) is 10.2 Å². The lowest BCUT2D eigenvalue weighted by Gasteiger charge is -2.31. The van der Waals surface area contributed by atoms with Crippen LogP contribution in [0.3, 0.4) is 0 Å². The summed E-state index contributed by atoms with van der Waals surface area (Å²) in [6.07, 6.45) is 0. The topological polar surface area (TPSA) is 60.3 Å². The highest BCUT2D eigenvalue weighted by Crippen LogP contribution is 2.33. The van der Waals surface area contributed by atoms with E-state index in [-0.39, 0.29) is 17.1 Å². The molecule has 0 radical (unpaired) electrons. The highest BCUT2D eigenvalue weighted by atomic mass is 32.2. The number of carbonyl (C=O) groups excluding carboxylic acids is 1. The van der Waals surface area contributed by atoms with E-state index in [0.717, 1.165) is 27.8 Å². The summed E-state index contributed by atoms with van der Waals surface area (Å²) in [5, 5.41) is 9.55. The van der Waals surface area contributed by atoms with Crippen LogP contribution in [0.25, 0.3) is 17.1 Å². The predicted octanol–water partition coefficient (Wildman–Crippen LogP) is 4.22. The van der Waals surface area contributed by atoms with Crippen molar-refractivity contribution in [3.05, 3.63) is 60.2 Å². The first-order valence-corrected chi connectivity index (χ1v) is 11.5. The third-order valence-corrected chi connectivity index (χ3v) is 6.80. The van der Waals surface area contributed by atoms with Crippen molar-refractivity contribution in [1.29, 1.82) is 0 Å². The van der Waals surface area contributed by atoms with Gasteiger partial charge >= 0.3 is 0 Å². The second-order valence-corrected chi connectivity index (χ2v) is 9.18. The first kappa shape index (κ1) is 21.6. The maximum atomic E-state index is 13.3. The van der Waals surface area contributed by atoms with E-state index in [0.29, 0.717) is 26.3 Å². The Hall–Kier alpha value is -2.64. The zero-order valence-corrected chi connectivity index (χ0v) is 19.0. The van der Waals surface area contributed by atoms with Crippen molar-refractivity contribution in [1.82, 2.24) is 19.7 Å². The van der Waals surface area contributed by atoms with Gasteiger partial charge in [0.05, 0.1) is 18.5 Å². The number of aromatic nitrogens is 3. The van der Waals surface area contributed by atoms with Gasteiger partial charge in [0.15, 0.2) is 11.0 Å². The molecular weight excluding hydrogens is 408 g/mol. The van der Waals surface area contributed by atoms with Crippen molar-refractivity contribution in [3.63, 3.8) is 0 Å². The van der Waals surface area contributed by atoms with Crippen molar-refractivity contribution < 1.29 is 9.53 Å². The molecule has 1 atom stereocenters. The standard InChI is InChI=1S/C24H28N4O2S/c1-17(2)21(23(29)27-12-14-30-15-13-27)31-24-26-25-22(19-9-7-8-18(3)16-19)28(24)20-10-5-4-6-11-20/h4-11,16-17,21H,12-15H2,1-3H3. The van der Waals surface area contributed by atoms with Crippen molar-refractivity contribution in [2.24, 2.45) is 5.92 Å². The summed E-state index contributed by atoms with van der Waals surface area (Å²) >= 11 is 1.50. The lowest BCUT2D eigenvalue weighted by atomic mass is 10.1. The molecule has 0 spiro atoms. The number of morpholine rings is 1. The molecule has 1 aromatic heterocycles. The Labute approximate surface area is 187 Å². The number of rotatable bonds is 6. The molecule has 1 aliphatic rings. The van der Waals surface area contributed by atoms with Gasteiger partial charge in [0.2, 0.25) is 5.91 Å². The Morgan fingerprint density at radius 3 is 2.45 bits per heavy atom. The van der Waals surface area contributed by atoms with Crippen LogP contribution in [0, 0.1) is 12.8 Å². The molecule has 1 fully saturated rings. The number of para-hydroxylation sites is 1. The van der Waals surface area contributed by atoms with Gasteiger partial charge in [0.25, 0.3) is 0 Å². The van der Waals surface area contributed by atoms with Crippen LogP contribution in [0.15, 0.2) is 59.8 Å². The first-order chi connectivity index (χ1) is 15.0. The Kier molecular flexibility index (Phi) is 6.73. The van der Waals surface area contributed by atoms with E-state index in [1.54, 1.807) is 0 Å². The van der Waals surface area contributed by atoms with Crippen LogP contribution in [0.5, 0.6) is 0 Å². The average Bonchev–Trinajstić information content (AvgIpc) is 3.22. The first-order valence-electron chi connectivity index (χ1n) is 10.7. The summed E-state index contributed by atoms with van der Waals surface area (Å²) in [6, 6.07) is 18.3. The van der Waals surface area contributed by atoms with Gasteiger partial charge in [0.1, 0.15) is 0 Å². The summed E-state index contributed by atoms with van der Waals surface area (Å²) in [5.41, 5.74) is 3.15. The lowest BCUT2D eigenvalue weighted by molar-refractivity contribution is -0.135. The van der Waals surface area contributed by atoms with E-state index >= 15 is 0 Å². The molecule has 1 aliphatic heterocycles. The number of carbonyl (C=O) groups is 1. The van der Waals surface area contributed by atoms with Gasteiger partial charge in [-0.1, -0.05) is 67.6 Å². The predicted molar refractivity (Wildman–Crippen MR) is 123 cm³/mol. The highest BCUT2D eigenvalue weighted by molar-refractivity contribution is 8.00. The summed E-state index contributed by atoms with van der Waals surface area (Å²) in [7, 11) is 0. The molecule has 1 saturated heterocycles. The Morgan fingerprint density at radius 2 is 1.77 bits per heavy atom. The van der Waals surface area contributed by atoms with Gasteiger partial charge in [-0.25, -0.2) is 0 Å². The third-order valence-electron chi connectivity index (χ3n) is 5.33. The van der Waals surface area contributed by atoms with Crippen LogP contribution in [0.4, 0.5) is 0 Å². The molecule has 4 rings (SSSR count). The maximum absolute atomic E-state index is 13.3. The molecule has 1 amide bonds. The minimum absolute atomic E-state index is 0.142. The zero-order chi connectivity index (χ0) is 21.8. The Morgan fingerprint density at radius 1 is 1.03 bits per heavy atom. The smallest absolute Gasteiger partial charge is 0.236 e. The van der Waals surface area contributed by atoms with Crippen LogP contribution in [-0.4, -0.2) is 57.1 Å². The molecule has 7 heteroatoms. The maximum Gasteiger partial charge on any atom is 0.236 e. The van der Waals surface area contributed by atoms with E-state index in [9.17, 15) is 4.79 Å². The molecular formula is C24H28N4O2S. The van der Waals surface area contributed by atoms with Crippen molar-refractivity contribution in [3.8, 4) is 17.1 Å². The second kappa shape index (κ2) is 9.66. The number of hydrogen-bond donors (Lipinski definition) is 0. The summed E-state index contributed by atoms with van der Waals surface area (Å²) in [4.78, 5) is 15.2. The number of hydrogen-bond acceptors (Lipinski definition) is 5. The normalized spacial score (nSPS) is 15.3. The lowest BCUT2D eigenvalue weighted by Crippen LogP contribution is -2.46. The van der Waals surface area contributed by atoms with Gasteiger partial charge in [-0.3, -0.25) is 9.36 Å². The summed E-state index contributed by atoms with van der Waals surface area (Å²) in [5.74, 6) is 1.07. The molecule has 3 aromatic rings. The minimum Gasteiger partial charge on any atom is -0.378 e. The fourth-order valence-electron chi connectivity index (χ4n) is 3.68. The monoisotopic (exact) mass is 436 g/mol. The van der Waals surface area contributed by atoms with Gasteiger partial charge in [-0.2, -0.15) is 0 Å². The number of benzene rings is 2. The second-order valence-electron chi connectivity index (χ2n) is 8.07. The molecule has 0 N–H and O–H groups in total. The SMILES string of the molecule is Cc1cccc(-c2nnc(SC(C(=O)N3CCOCC3)C(C)C)n2-c2ccccc2)c1. The number of thioether (sulfide) groups is 1. The van der Waals surface area contributed by atoms with Crippen LogP contribution in [0.1, 0.15) is 19.4 Å². The molecule has 162 valence electrons. The van der Waals surface area contributed by atoms with Crippen LogP contribution in [0.2, 0.25) is 0 Å². The van der Waals surface area contributed by atoms with Crippen molar-refractivity contribution in [2.75, 3.05) is 26.3 Å². The fourth-order valence-corrected chi connectivity index (χ4v) is 4.81. The Bertz CT molecular complexity index is 1030. The number of ether oxygens (including phenoxy) is 1.